The molecule has 2 rings (SSSR count). The zero-order chi connectivity index (χ0) is 13.5. The minimum atomic E-state index is -0.0113. The van der Waals surface area contributed by atoms with Crippen LogP contribution in [0.1, 0.15) is 11.1 Å². The van der Waals surface area contributed by atoms with Gasteiger partial charge in [-0.15, -0.1) is 0 Å². The molecular weight excluding hydrogens is 242 g/mol. The van der Waals surface area contributed by atoms with E-state index in [1.54, 1.807) is 18.3 Å². The lowest BCUT2D eigenvalue weighted by Crippen LogP contribution is -2.16. The van der Waals surface area contributed by atoms with E-state index in [2.05, 4.69) is 10.1 Å². The maximum Gasteiger partial charge on any atom is 0.224 e. The average Bonchev–Trinajstić information content (AvgIpc) is 2.48. The Hall–Kier alpha value is -2.56. The third-order valence-corrected chi connectivity index (χ3v) is 2.63. The Labute approximate surface area is 111 Å². The number of benzene rings is 1. The first-order valence-corrected chi connectivity index (χ1v) is 5.91. The summed E-state index contributed by atoms with van der Waals surface area (Å²) in [5.41, 5.74) is 7.23. The first-order chi connectivity index (χ1) is 9.31. The van der Waals surface area contributed by atoms with E-state index in [-0.39, 0.29) is 5.84 Å². The third kappa shape index (κ3) is 3.45. The summed E-state index contributed by atoms with van der Waals surface area (Å²) in [5.74, 6) is 0.358. The second kappa shape index (κ2) is 6.39. The van der Waals surface area contributed by atoms with Gasteiger partial charge in [0.1, 0.15) is 0 Å². The number of ether oxygens (including phenoxy) is 1. The quantitative estimate of drug-likeness (QED) is 0.370. The predicted molar refractivity (Wildman–Crippen MR) is 72.4 cm³/mol. The van der Waals surface area contributed by atoms with Crippen molar-refractivity contribution in [2.75, 3.05) is 6.61 Å². The van der Waals surface area contributed by atoms with Crippen molar-refractivity contribution in [3.63, 3.8) is 0 Å². The van der Waals surface area contributed by atoms with E-state index in [1.807, 2.05) is 30.3 Å². The second-order valence-electron chi connectivity index (χ2n) is 3.93. The number of nitrogens with zero attached hydrogens (tertiary/aromatic N) is 2. The molecule has 98 valence electrons. The number of nitrogens with two attached hydrogens (primary N) is 1. The van der Waals surface area contributed by atoms with Gasteiger partial charge in [-0.3, -0.25) is 0 Å². The number of aromatic nitrogens is 1. The largest absolute Gasteiger partial charge is 0.477 e. The lowest BCUT2D eigenvalue weighted by molar-refractivity contribution is 0.305. The summed E-state index contributed by atoms with van der Waals surface area (Å²) in [4.78, 5) is 4.08. The van der Waals surface area contributed by atoms with Crippen molar-refractivity contribution >= 4 is 5.84 Å². The molecule has 0 spiro atoms. The fourth-order valence-corrected chi connectivity index (χ4v) is 1.66. The third-order valence-electron chi connectivity index (χ3n) is 2.63. The van der Waals surface area contributed by atoms with Gasteiger partial charge in [0.15, 0.2) is 5.84 Å². The lowest BCUT2D eigenvalue weighted by Gasteiger charge is -2.09. The molecule has 0 saturated heterocycles. The molecule has 0 bridgehead atoms. The van der Waals surface area contributed by atoms with Gasteiger partial charge in [-0.2, -0.15) is 0 Å². The molecule has 0 atom stereocenters. The molecule has 1 aromatic carbocycles. The molecule has 3 N–H and O–H groups in total. The molecule has 0 aliphatic rings. The maximum absolute atomic E-state index is 8.70. The van der Waals surface area contributed by atoms with E-state index in [0.29, 0.717) is 18.1 Å². The van der Waals surface area contributed by atoms with Gasteiger partial charge in [-0.25, -0.2) is 4.98 Å². The Kier molecular flexibility index (Phi) is 4.34. The summed E-state index contributed by atoms with van der Waals surface area (Å²) in [6.45, 7) is 0.479. The van der Waals surface area contributed by atoms with Gasteiger partial charge in [0.2, 0.25) is 5.88 Å². The summed E-state index contributed by atoms with van der Waals surface area (Å²) in [6.07, 6.45) is 2.37. The smallest absolute Gasteiger partial charge is 0.224 e. The Morgan fingerprint density at radius 2 is 2.00 bits per heavy atom. The molecule has 5 heteroatoms. The van der Waals surface area contributed by atoms with Crippen LogP contribution in [0.2, 0.25) is 0 Å². The molecule has 1 aromatic heterocycles. The number of rotatable bonds is 5. The summed E-state index contributed by atoms with van der Waals surface area (Å²) in [7, 11) is 0. The predicted octanol–water partition coefficient (Wildman–Crippen LogP) is 1.80. The molecular formula is C14H15N3O2. The van der Waals surface area contributed by atoms with E-state index < -0.39 is 0 Å². The van der Waals surface area contributed by atoms with Gasteiger partial charge in [0, 0.05) is 12.6 Å². The fraction of sp³-hybridized carbons (Fsp3) is 0.143. The van der Waals surface area contributed by atoms with Gasteiger partial charge in [-0.05, 0) is 17.7 Å². The van der Waals surface area contributed by atoms with Gasteiger partial charge < -0.3 is 15.7 Å². The summed E-state index contributed by atoms with van der Waals surface area (Å²) < 4.78 is 5.58. The number of amidine groups is 1. The van der Waals surface area contributed by atoms with Crippen LogP contribution < -0.4 is 10.5 Å². The van der Waals surface area contributed by atoms with E-state index in [0.717, 1.165) is 6.42 Å². The summed E-state index contributed by atoms with van der Waals surface area (Å²) in [6, 6.07) is 13.4. The minimum Gasteiger partial charge on any atom is -0.477 e. The Bertz CT molecular complexity index is 556. The van der Waals surface area contributed by atoms with E-state index in [9.17, 15) is 0 Å². The van der Waals surface area contributed by atoms with Crippen LogP contribution in [0.25, 0.3) is 0 Å². The van der Waals surface area contributed by atoms with Gasteiger partial charge in [0.25, 0.3) is 0 Å². The summed E-state index contributed by atoms with van der Waals surface area (Å²) >= 11 is 0. The molecule has 0 unspecified atom stereocenters. The molecule has 19 heavy (non-hydrogen) atoms. The van der Waals surface area contributed by atoms with Crippen molar-refractivity contribution < 1.29 is 9.94 Å². The molecule has 0 aliphatic carbocycles. The van der Waals surface area contributed by atoms with Crippen molar-refractivity contribution in [1.82, 2.24) is 4.98 Å². The van der Waals surface area contributed by atoms with E-state index in [4.69, 9.17) is 15.7 Å². The number of hydrogen-bond acceptors (Lipinski definition) is 4. The molecule has 0 saturated carbocycles. The first-order valence-electron chi connectivity index (χ1n) is 5.91. The zero-order valence-electron chi connectivity index (χ0n) is 10.4. The highest BCUT2D eigenvalue weighted by atomic mass is 16.5. The van der Waals surface area contributed by atoms with Crippen molar-refractivity contribution in [2.45, 2.75) is 6.42 Å². The molecule has 2 aromatic rings. The number of oxime groups is 1. The highest BCUT2D eigenvalue weighted by molar-refractivity contribution is 5.98. The van der Waals surface area contributed by atoms with Crippen LogP contribution in [0.15, 0.2) is 53.8 Å². The van der Waals surface area contributed by atoms with Crippen LogP contribution >= 0.6 is 0 Å². The molecule has 0 radical (unpaired) electrons. The normalized spacial score (nSPS) is 11.3. The van der Waals surface area contributed by atoms with Crippen LogP contribution in [0.3, 0.4) is 0 Å². The average molecular weight is 257 g/mol. The molecule has 5 nitrogen and oxygen atoms in total. The first kappa shape index (κ1) is 12.9. The molecule has 0 amide bonds. The van der Waals surface area contributed by atoms with Gasteiger partial charge in [-0.1, -0.05) is 35.5 Å². The van der Waals surface area contributed by atoms with E-state index >= 15 is 0 Å². The van der Waals surface area contributed by atoms with Crippen LogP contribution in [0.5, 0.6) is 5.88 Å². The SMILES string of the molecule is NC(=NO)c1cccnc1OCCc1ccccc1. The van der Waals surface area contributed by atoms with Crippen molar-refractivity contribution in [1.29, 1.82) is 0 Å². The monoisotopic (exact) mass is 257 g/mol. The highest BCUT2D eigenvalue weighted by Gasteiger charge is 2.08. The van der Waals surface area contributed by atoms with E-state index in [1.165, 1.54) is 5.56 Å². The Balaban J connectivity index is 2.00. The lowest BCUT2D eigenvalue weighted by atomic mass is 10.2. The van der Waals surface area contributed by atoms with Gasteiger partial charge >= 0.3 is 0 Å². The van der Waals surface area contributed by atoms with Crippen molar-refractivity contribution in [2.24, 2.45) is 10.9 Å². The maximum atomic E-state index is 8.70. The summed E-state index contributed by atoms with van der Waals surface area (Å²) in [5, 5.41) is 11.7. The van der Waals surface area contributed by atoms with Crippen LogP contribution in [-0.4, -0.2) is 22.6 Å². The van der Waals surface area contributed by atoms with Crippen molar-refractivity contribution in [3.8, 4) is 5.88 Å². The topological polar surface area (TPSA) is 80.7 Å². The highest BCUT2D eigenvalue weighted by Crippen LogP contribution is 2.14. The zero-order valence-corrected chi connectivity index (χ0v) is 10.4. The molecule has 0 aliphatic heterocycles. The van der Waals surface area contributed by atoms with Gasteiger partial charge in [0.05, 0.1) is 12.2 Å². The van der Waals surface area contributed by atoms with Crippen LogP contribution in [0, 0.1) is 0 Å². The fourth-order valence-electron chi connectivity index (χ4n) is 1.66. The standard InChI is InChI=1S/C14H15N3O2/c15-13(17-18)12-7-4-9-16-14(12)19-10-8-11-5-2-1-3-6-11/h1-7,9,18H,8,10H2,(H2,15,17). The van der Waals surface area contributed by atoms with Crippen LogP contribution in [-0.2, 0) is 6.42 Å². The van der Waals surface area contributed by atoms with Crippen LogP contribution in [0.4, 0.5) is 0 Å². The Morgan fingerprint density at radius 3 is 2.74 bits per heavy atom. The Morgan fingerprint density at radius 1 is 1.21 bits per heavy atom. The number of pyridine rings is 1. The van der Waals surface area contributed by atoms with Crippen molar-refractivity contribution in [3.05, 3.63) is 59.8 Å². The second-order valence-corrected chi connectivity index (χ2v) is 3.93. The number of hydrogen-bond donors (Lipinski definition) is 2. The molecule has 1 heterocycles. The minimum absolute atomic E-state index is 0.0113. The molecule has 0 fully saturated rings.